The number of aromatic nitrogens is 2. The average Bonchev–Trinajstić information content (AvgIpc) is 2.93. The number of hydrogen-bond donors (Lipinski definition) is 0. The lowest BCUT2D eigenvalue weighted by Crippen LogP contribution is -2.22. The van der Waals surface area contributed by atoms with Crippen molar-refractivity contribution < 1.29 is 4.42 Å². The van der Waals surface area contributed by atoms with E-state index in [2.05, 4.69) is 15.3 Å². The summed E-state index contributed by atoms with van der Waals surface area (Å²) in [6.07, 6.45) is 0. The van der Waals surface area contributed by atoms with Crippen LogP contribution in [0.15, 0.2) is 49.7 Å². The maximum absolute atomic E-state index is 12.3. The van der Waals surface area contributed by atoms with Crippen LogP contribution in [0.2, 0.25) is 5.02 Å². The van der Waals surface area contributed by atoms with Crippen LogP contribution in [0.5, 0.6) is 0 Å². The molecule has 8 heteroatoms. The van der Waals surface area contributed by atoms with E-state index in [4.69, 9.17) is 16.0 Å². The van der Waals surface area contributed by atoms with Crippen molar-refractivity contribution in [2.24, 2.45) is 10.2 Å². The standard InChI is InChI=1S/C17H13ClN4O2S/c1-9-5-10(2)22(21-9)17-20-19-14(8-25-17)13-7-11-6-12(18)3-4-15(11)24-16(13)23/h3-7H,8H2,1-2H3. The molecule has 3 aromatic rings. The van der Waals surface area contributed by atoms with Gasteiger partial charge in [-0.05, 0) is 44.2 Å². The van der Waals surface area contributed by atoms with Gasteiger partial charge in [0.1, 0.15) is 5.58 Å². The molecule has 1 aliphatic heterocycles. The molecular formula is C17H13ClN4O2S. The molecule has 0 saturated heterocycles. The Morgan fingerprint density at radius 1 is 1.20 bits per heavy atom. The summed E-state index contributed by atoms with van der Waals surface area (Å²) >= 11 is 7.49. The first kappa shape index (κ1) is 16.1. The zero-order chi connectivity index (χ0) is 17.6. The van der Waals surface area contributed by atoms with Crippen molar-refractivity contribution in [2.75, 3.05) is 5.75 Å². The quantitative estimate of drug-likeness (QED) is 0.611. The molecule has 0 amide bonds. The van der Waals surface area contributed by atoms with Crippen LogP contribution >= 0.6 is 23.4 Å². The molecule has 2 aromatic heterocycles. The fourth-order valence-electron chi connectivity index (χ4n) is 2.65. The largest absolute Gasteiger partial charge is 0.422 e. The first-order valence-corrected chi connectivity index (χ1v) is 8.92. The Bertz CT molecular complexity index is 1110. The van der Waals surface area contributed by atoms with E-state index in [0.29, 0.717) is 32.8 Å². The number of aryl methyl sites for hydroxylation is 2. The Morgan fingerprint density at radius 3 is 2.72 bits per heavy atom. The van der Waals surface area contributed by atoms with Crippen LogP contribution in [-0.4, -0.2) is 26.4 Å². The summed E-state index contributed by atoms with van der Waals surface area (Å²) in [5.74, 6) is 0.508. The molecule has 0 saturated carbocycles. The third-order valence-electron chi connectivity index (χ3n) is 3.79. The van der Waals surface area contributed by atoms with Gasteiger partial charge in [0.15, 0.2) is 0 Å². The number of nitrogens with zero attached hydrogens (tertiary/aromatic N) is 4. The van der Waals surface area contributed by atoms with Gasteiger partial charge >= 0.3 is 5.63 Å². The number of hydrogen-bond acceptors (Lipinski definition) is 6. The molecule has 0 atom stereocenters. The van der Waals surface area contributed by atoms with E-state index in [1.807, 2.05) is 19.9 Å². The molecule has 25 heavy (non-hydrogen) atoms. The molecule has 0 aliphatic carbocycles. The topological polar surface area (TPSA) is 72.8 Å². The van der Waals surface area contributed by atoms with Crippen LogP contribution < -0.4 is 5.63 Å². The van der Waals surface area contributed by atoms with E-state index in [9.17, 15) is 4.79 Å². The number of halogens is 1. The van der Waals surface area contributed by atoms with Gasteiger partial charge in [0.25, 0.3) is 0 Å². The van der Waals surface area contributed by atoms with Gasteiger partial charge in [0, 0.05) is 21.9 Å². The van der Waals surface area contributed by atoms with Gasteiger partial charge in [-0.15, -0.1) is 5.10 Å². The Hall–Kier alpha value is -2.38. The van der Waals surface area contributed by atoms with Gasteiger partial charge in [0.05, 0.1) is 17.0 Å². The summed E-state index contributed by atoms with van der Waals surface area (Å²) < 4.78 is 7.12. The minimum atomic E-state index is -0.432. The molecule has 0 bridgehead atoms. The van der Waals surface area contributed by atoms with Gasteiger partial charge in [-0.3, -0.25) is 0 Å². The van der Waals surface area contributed by atoms with Crippen molar-refractivity contribution in [3.05, 3.63) is 62.7 Å². The average molecular weight is 373 g/mol. The fraction of sp³-hybridized carbons (Fsp3) is 0.176. The third-order valence-corrected chi connectivity index (χ3v) is 4.96. The number of thioether (sulfide) groups is 1. The van der Waals surface area contributed by atoms with E-state index in [0.717, 1.165) is 16.8 Å². The maximum atomic E-state index is 12.3. The summed E-state index contributed by atoms with van der Waals surface area (Å²) in [5, 5.41) is 14.9. The predicted molar refractivity (Wildman–Crippen MR) is 101 cm³/mol. The van der Waals surface area contributed by atoms with Crippen molar-refractivity contribution in [3.63, 3.8) is 0 Å². The second-order valence-electron chi connectivity index (χ2n) is 5.69. The molecule has 0 unspecified atom stereocenters. The highest BCUT2D eigenvalue weighted by molar-refractivity contribution is 8.14. The van der Waals surface area contributed by atoms with Gasteiger partial charge in [-0.25, -0.2) is 9.48 Å². The normalized spacial score (nSPS) is 14.5. The van der Waals surface area contributed by atoms with E-state index < -0.39 is 5.63 Å². The van der Waals surface area contributed by atoms with Crippen LogP contribution in [0.3, 0.4) is 0 Å². The third kappa shape index (κ3) is 3.01. The van der Waals surface area contributed by atoms with Gasteiger partial charge in [-0.2, -0.15) is 10.2 Å². The number of benzene rings is 1. The van der Waals surface area contributed by atoms with Crippen LogP contribution in [-0.2, 0) is 0 Å². The molecule has 0 radical (unpaired) electrons. The minimum Gasteiger partial charge on any atom is -0.422 e. The van der Waals surface area contributed by atoms with Crippen molar-refractivity contribution in [2.45, 2.75) is 13.8 Å². The lowest BCUT2D eigenvalue weighted by Gasteiger charge is -2.12. The minimum absolute atomic E-state index is 0.401. The smallest absolute Gasteiger partial charge is 0.345 e. The second-order valence-corrected chi connectivity index (χ2v) is 7.07. The highest BCUT2D eigenvalue weighted by atomic mass is 35.5. The van der Waals surface area contributed by atoms with Crippen molar-refractivity contribution >= 4 is 45.2 Å². The molecule has 1 aliphatic rings. The van der Waals surface area contributed by atoms with Gasteiger partial charge in [-0.1, -0.05) is 23.4 Å². The van der Waals surface area contributed by atoms with Crippen molar-refractivity contribution in [1.29, 1.82) is 0 Å². The SMILES string of the molecule is Cc1cc(C)n(C2=NN=C(c3cc4cc(Cl)ccc4oc3=O)CS2)n1. The maximum Gasteiger partial charge on any atom is 0.345 e. The first-order valence-electron chi connectivity index (χ1n) is 7.56. The lowest BCUT2D eigenvalue weighted by atomic mass is 10.1. The molecule has 6 nitrogen and oxygen atoms in total. The van der Waals surface area contributed by atoms with E-state index in [-0.39, 0.29) is 0 Å². The van der Waals surface area contributed by atoms with Crippen LogP contribution in [0, 0.1) is 13.8 Å². The summed E-state index contributed by atoms with van der Waals surface area (Å²) in [5.41, 5.74) is 2.95. The predicted octanol–water partition coefficient (Wildman–Crippen LogP) is 3.61. The summed E-state index contributed by atoms with van der Waals surface area (Å²) in [4.78, 5) is 12.3. The van der Waals surface area contributed by atoms with Crippen molar-refractivity contribution in [1.82, 2.24) is 9.78 Å². The van der Waals surface area contributed by atoms with E-state index in [1.54, 1.807) is 28.9 Å². The zero-order valence-corrected chi connectivity index (χ0v) is 15.1. The van der Waals surface area contributed by atoms with Gasteiger partial charge < -0.3 is 4.42 Å². The van der Waals surface area contributed by atoms with E-state index in [1.165, 1.54) is 11.8 Å². The van der Waals surface area contributed by atoms with E-state index >= 15 is 0 Å². The molecule has 0 N–H and O–H groups in total. The lowest BCUT2D eigenvalue weighted by molar-refractivity contribution is 0.559. The first-order chi connectivity index (χ1) is 12.0. The summed E-state index contributed by atoms with van der Waals surface area (Å²) in [6.45, 7) is 3.89. The molecule has 0 spiro atoms. The number of rotatable bonds is 1. The molecule has 1 aromatic carbocycles. The Morgan fingerprint density at radius 2 is 2.04 bits per heavy atom. The Kier molecular flexibility index (Phi) is 3.97. The van der Waals surface area contributed by atoms with Crippen molar-refractivity contribution in [3.8, 4) is 0 Å². The molecular weight excluding hydrogens is 360 g/mol. The highest BCUT2D eigenvalue weighted by Crippen LogP contribution is 2.22. The highest BCUT2D eigenvalue weighted by Gasteiger charge is 2.19. The van der Waals surface area contributed by atoms with Gasteiger partial charge in [0.2, 0.25) is 5.17 Å². The zero-order valence-electron chi connectivity index (χ0n) is 13.5. The monoisotopic (exact) mass is 372 g/mol. The van der Waals surface area contributed by atoms with Crippen LogP contribution in [0.1, 0.15) is 17.0 Å². The molecule has 0 fully saturated rings. The number of fused-ring (bicyclic) bond motifs is 1. The summed E-state index contributed by atoms with van der Waals surface area (Å²) in [6, 6.07) is 8.84. The van der Waals surface area contributed by atoms with Crippen LogP contribution in [0.4, 0.5) is 0 Å². The molecule has 3 heterocycles. The second kappa shape index (κ2) is 6.16. The molecule has 126 valence electrons. The Balaban J connectivity index is 1.76. The Labute approximate surface area is 152 Å². The summed E-state index contributed by atoms with van der Waals surface area (Å²) in [7, 11) is 0. The van der Waals surface area contributed by atoms with Crippen LogP contribution in [0.25, 0.3) is 11.0 Å². The fourth-order valence-corrected chi connectivity index (χ4v) is 3.71. The molecule has 4 rings (SSSR count).